The molecule has 2 aromatic rings. The number of nitrogens with two attached hydrogens (primary N) is 1. The number of β-lactam (4-membered cyclic amide) rings is 1. The smallest absolute Gasteiger partial charge is 0.247 e. The van der Waals surface area contributed by atoms with Crippen molar-refractivity contribution in [1.82, 2.24) is 0 Å². The number of anilines is 1. The average Bonchev–Trinajstić information content (AvgIpc) is 2.45. The van der Waals surface area contributed by atoms with Crippen LogP contribution in [0, 0.1) is 11.6 Å². The molecule has 5 heteroatoms. The molecule has 3 rings (SSSR count). The van der Waals surface area contributed by atoms with Crippen molar-refractivity contribution in [2.24, 2.45) is 5.73 Å². The van der Waals surface area contributed by atoms with Crippen LogP contribution in [0.1, 0.15) is 11.6 Å². The quantitative estimate of drug-likeness (QED) is 0.855. The Morgan fingerprint density at radius 1 is 1.05 bits per heavy atom. The van der Waals surface area contributed by atoms with Crippen molar-refractivity contribution in [1.29, 1.82) is 0 Å². The summed E-state index contributed by atoms with van der Waals surface area (Å²) >= 11 is 0. The van der Waals surface area contributed by atoms with E-state index in [1.165, 1.54) is 29.2 Å². The van der Waals surface area contributed by atoms with E-state index in [9.17, 15) is 13.6 Å². The predicted octanol–water partition coefficient (Wildman–Crippen LogP) is 2.38. The maximum atomic E-state index is 13.9. The highest BCUT2D eigenvalue weighted by molar-refractivity contribution is 6.05. The number of hydrogen-bond acceptors (Lipinski definition) is 2. The summed E-state index contributed by atoms with van der Waals surface area (Å²) in [6.07, 6.45) is 0. The molecule has 2 N–H and O–H groups in total. The second-order valence-corrected chi connectivity index (χ2v) is 4.68. The molecule has 0 saturated carbocycles. The number of carbonyl (C=O) groups excluding carboxylic acids is 1. The monoisotopic (exact) mass is 274 g/mol. The van der Waals surface area contributed by atoms with Gasteiger partial charge in [0.05, 0.1) is 6.04 Å². The average molecular weight is 274 g/mol. The van der Waals surface area contributed by atoms with Gasteiger partial charge in [0.25, 0.3) is 0 Å². The molecule has 1 aliphatic heterocycles. The molecule has 0 bridgehead atoms. The van der Waals surface area contributed by atoms with Crippen molar-refractivity contribution in [3.63, 3.8) is 0 Å². The van der Waals surface area contributed by atoms with Crippen molar-refractivity contribution < 1.29 is 13.6 Å². The lowest BCUT2D eigenvalue weighted by Crippen LogP contribution is -2.63. The van der Waals surface area contributed by atoms with Crippen LogP contribution in [0.4, 0.5) is 14.5 Å². The molecular weight excluding hydrogens is 262 g/mol. The molecule has 1 heterocycles. The molecule has 1 amide bonds. The van der Waals surface area contributed by atoms with Crippen molar-refractivity contribution in [3.05, 3.63) is 65.7 Å². The number of rotatable bonds is 2. The van der Waals surface area contributed by atoms with Crippen molar-refractivity contribution >= 4 is 11.6 Å². The molecule has 2 aromatic carbocycles. The molecule has 2 unspecified atom stereocenters. The summed E-state index contributed by atoms with van der Waals surface area (Å²) in [5.74, 6) is -1.23. The van der Waals surface area contributed by atoms with Crippen LogP contribution in [0.25, 0.3) is 0 Å². The minimum absolute atomic E-state index is 0.337. The molecular formula is C15H12F2N2O. The summed E-state index contributed by atoms with van der Waals surface area (Å²) in [4.78, 5) is 13.2. The summed E-state index contributed by atoms with van der Waals surface area (Å²) in [5, 5.41) is 0. The van der Waals surface area contributed by atoms with E-state index in [0.29, 0.717) is 11.3 Å². The van der Waals surface area contributed by atoms with Gasteiger partial charge in [-0.15, -0.1) is 0 Å². The zero-order chi connectivity index (χ0) is 14.3. The maximum absolute atomic E-state index is 13.9. The molecule has 20 heavy (non-hydrogen) atoms. The second-order valence-electron chi connectivity index (χ2n) is 4.68. The fourth-order valence-corrected chi connectivity index (χ4v) is 2.47. The SMILES string of the molecule is NC1C(=O)N(c2cccc(F)c2)C1c1ccccc1F. The second kappa shape index (κ2) is 4.68. The van der Waals surface area contributed by atoms with Crippen LogP contribution in [0.3, 0.4) is 0 Å². The minimum atomic E-state index is -0.810. The van der Waals surface area contributed by atoms with Crippen LogP contribution in [0.15, 0.2) is 48.5 Å². The molecule has 1 aliphatic rings. The first-order valence-corrected chi connectivity index (χ1v) is 6.18. The molecule has 0 spiro atoms. The Kier molecular flexibility index (Phi) is 2.99. The van der Waals surface area contributed by atoms with Gasteiger partial charge < -0.3 is 10.6 Å². The molecule has 102 valence electrons. The first-order valence-electron chi connectivity index (χ1n) is 6.18. The summed E-state index contributed by atoms with van der Waals surface area (Å²) < 4.78 is 27.1. The van der Waals surface area contributed by atoms with Gasteiger partial charge in [0.2, 0.25) is 5.91 Å². The van der Waals surface area contributed by atoms with E-state index in [-0.39, 0.29) is 5.91 Å². The van der Waals surface area contributed by atoms with Crippen molar-refractivity contribution in [3.8, 4) is 0 Å². The Labute approximate surface area is 114 Å². The van der Waals surface area contributed by atoms with Crippen LogP contribution in [0.2, 0.25) is 0 Å². The van der Waals surface area contributed by atoms with Gasteiger partial charge in [0.1, 0.15) is 17.7 Å². The van der Waals surface area contributed by atoms with Crippen molar-refractivity contribution in [2.75, 3.05) is 4.90 Å². The van der Waals surface area contributed by atoms with Gasteiger partial charge in [-0.05, 0) is 24.3 Å². The van der Waals surface area contributed by atoms with Gasteiger partial charge >= 0.3 is 0 Å². The third-order valence-corrected chi connectivity index (χ3v) is 3.45. The summed E-state index contributed by atoms with van der Waals surface area (Å²) in [5.41, 5.74) is 6.50. The first kappa shape index (κ1) is 12.7. The Hall–Kier alpha value is -2.27. The van der Waals surface area contributed by atoms with Crippen LogP contribution < -0.4 is 10.6 Å². The highest BCUT2D eigenvalue weighted by Gasteiger charge is 2.47. The third kappa shape index (κ3) is 1.87. The number of benzene rings is 2. The normalized spacial score (nSPS) is 21.8. The molecule has 0 radical (unpaired) electrons. The van der Waals surface area contributed by atoms with Gasteiger partial charge in [0, 0.05) is 11.3 Å². The zero-order valence-electron chi connectivity index (χ0n) is 10.5. The Morgan fingerprint density at radius 3 is 2.50 bits per heavy atom. The van der Waals surface area contributed by atoms with Gasteiger partial charge in [-0.1, -0.05) is 24.3 Å². The van der Waals surface area contributed by atoms with Crippen LogP contribution in [-0.2, 0) is 4.79 Å². The largest absolute Gasteiger partial charge is 0.318 e. The lowest BCUT2D eigenvalue weighted by molar-refractivity contribution is -0.126. The van der Waals surface area contributed by atoms with Gasteiger partial charge in [-0.2, -0.15) is 0 Å². The lowest BCUT2D eigenvalue weighted by Gasteiger charge is -2.45. The third-order valence-electron chi connectivity index (χ3n) is 3.45. The number of amides is 1. The van der Waals surface area contributed by atoms with E-state index in [1.807, 2.05) is 0 Å². The lowest BCUT2D eigenvalue weighted by atomic mass is 9.88. The fourth-order valence-electron chi connectivity index (χ4n) is 2.47. The number of carbonyl (C=O) groups is 1. The van der Waals surface area contributed by atoms with Crippen LogP contribution in [-0.4, -0.2) is 11.9 Å². The topological polar surface area (TPSA) is 46.3 Å². The molecule has 0 aromatic heterocycles. The Morgan fingerprint density at radius 2 is 1.80 bits per heavy atom. The van der Waals surface area contributed by atoms with E-state index in [0.717, 1.165) is 0 Å². The summed E-state index contributed by atoms with van der Waals surface area (Å²) in [6.45, 7) is 0. The first-order chi connectivity index (χ1) is 9.59. The van der Waals surface area contributed by atoms with Gasteiger partial charge in [-0.25, -0.2) is 8.78 Å². The summed E-state index contributed by atoms with van der Waals surface area (Å²) in [7, 11) is 0. The molecule has 2 atom stereocenters. The fraction of sp³-hybridized carbons (Fsp3) is 0.133. The van der Waals surface area contributed by atoms with Gasteiger partial charge in [0.15, 0.2) is 0 Å². The van der Waals surface area contributed by atoms with E-state index in [1.54, 1.807) is 24.3 Å². The van der Waals surface area contributed by atoms with Crippen LogP contribution in [0.5, 0.6) is 0 Å². The Bertz CT molecular complexity index is 674. The maximum Gasteiger partial charge on any atom is 0.247 e. The van der Waals surface area contributed by atoms with Crippen LogP contribution >= 0.6 is 0 Å². The molecule has 1 fully saturated rings. The number of hydrogen-bond donors (Lipinski definition) is 1. The van der Waals surface area contributed by atoms with Gasteiger partial charge in [-0.3, -0.25) is 4.79 Å². The molecule has 3 nitrogen and oxygen atoms in total. The predicted molar refractivity (Wildman–Crippen MR) is 71.0 cm³/mol. The highest BCUT2D eigenvalue weighted by Crippen LogP contribution is 2.39. The van der Waals surface area contributed by atoms with E-state index >= 15 is 0 Å². The molecule has 0 aliphatic carbocycles. The summed E-state index contributed by atoms with van der Waals surface area (Å²) in [6, 6.07) is 10.3. The van der Waals surface area contributed by atoms with E-state index in [4.69, 9.17) is 5.73 Å². The zero-order valence-corrected chi connectivity index (χ0v) is 10.5. The minimum Gasteiger partial charge on any atom is -0.318 e. The highest BCUT2D eigenvalue weighted by atomic mass is 19.1. The van der Waals surface area contributed by atoms with E-state index in [2.05, 4.69) is 0 Å². The standard InChI is InChI=1S/C15H12F2N2O/c16-9-4-3-5-10(8-9)19-14(13(18)15(19)20)11-6-1-2-7-12(11)17/h1-8,13-14H,18H2. The van der Waals surface area contributed by atoms with Crippen molar-refractivity contribution in [2.45, 2.75) is 12.1 Å². The van der Waals surface area contributed by atoms with E-state index < -0.39 is 23.7 Å². The number of nitrogens with zero attached hydrogens (tertiary/aromatic N) is 1. The number of halogens is 2. The molecule has 1 saturated heterocycles. The Balaban J connectivity index is 2.02.